The zero-order chi connectivity index (χ0) is 49.9. The second kappa shape index (κ2) is 47.9. The molecule has 0 heterocycles. The van der Waals surface area contributed by atoms with E-state index in [4.69, 9.17) is 18.5 Å². The van der Waals surface area contributed by atoms with Crippen LogP contribution in [0.15, 0.2) is 146 Å². The van der Waals surface area contributed by atoms with Crippen molar-refractivity contribution >= 4 is 19.8 Å². The Hall–Kier alpha value is -4.11. The number of hydrogen-bond acceptors (Lipinski definition) is 7. The van der Waals surface area contributed by atoms with E-state index in [-0.39, 0.29) is 26.1 Å². The molecule has 0 aliphatic rings. The molecule has 10 heteroatoms. The van der Waals surface area contributed by atoms with Gasteiger partial charge in [-0.3, -0.25) is 18.6 Å². The van der Waals surface area contributed by atoms with Crippen molar-refractivity contribution in [1.82, 2.24) is 0 Å². The lowest BCUT2D eigenvalue weighted by molar-refractivity contribution is -0.870. The maximum absolute atomic E-state index is 12.7. The summed E-state index contributed by atoms with van der Waals surface area (Å²) in [6.07, 6.45) is 70.7. The van der Waals surface area contributed by atoms with Gasteiger partial charge in [-0.15, -0.1) is 0 Å². The third-order valence-corrected chi connectivity index (χ3v) is 10.9. The number of phosphoric acid groups is 1. The molecule has 1 N–H and O–H groups in total. The lowest BCUT2D eigenvalue weighted by atomic mass is 10.1. The van der Waals surface area contributed by atoms with Crippen LogP contribution in [0.5, 0.6) is 0 Å². The summed E-state index contributed by atoms with van der Waals surface area (Å²) in [6, 6.07) is 0. The minimum atomic E-state index is -4.41. The molecule has 0 aliphatic carbocycles. The van der Waals surface area contributed by atoms with Gasteiger partial charge in [0, 0.05) is 12.8 Å². The SMILES string of the molecule is CC/C=C\C/C=C\C/C=C\C/C=C\C/C=C\C/C=C\C/C=C\C/C=C\CCCCCCCCC(=O)OC(COC(=O)CC/C=C\C/C=C\C/C=C\C/C=C\CC)COP(=O)(O)OCC[N+](C)(C)C. The summed E-state index contributed by atoms with van der Waals surface area (Å²) in [7, 11) is 1.40. The van der Waals surface area contributed by atoms with Gasteiger partial charge in [0.15, 0.2) is 6.10 Å². The fourth-order valence-electron chi connectivity index (χ4n) is 5.98. The fourth-order valence-corrected chi connectivity index (χ4v) is 6.72. The molecular weight excluding hydrogens is 870 g/mol. The molecule has 0 radical (unpaired) electrons. The normalized spacial score (nSPS) is 14.6. The molecule has 68 heavy (non-hydrogen) atoms. The Bertz CT molecular complexity index is 1650. The molecular formula is C58H93NO8P+. The van der Waals surface area contributed by atoms with Crippen LogP contribution in [0.25, 0.3) is 0 Å². The van der Waals surface area contributed by atoms with Crippen LogP contribution in [0, 0.1) is 0 Å². The smallest absolute Gasteiger partial charge is 0.462 e. The number of carbonyl (C=O) groups is 2. The Kier molecular flexibility index (Phi) is 45.0. The van der Waals surface area contributed by atoms with Gasteiger partial charge < -0.3 is 18.9 Å². The molecule has 0 aliphatic heterocycles. The molecule has 0 aromatic heterocycles. The summed E-state index contributed by atoms with van der Waals surface area (Å²) in [6.45, 7) is 4.05. The standard InChI is InChI=1S/C58H92NO8P/c1-6-8-10-12-14-16-18-20-21-22-23-24-25-26-27-28-29-30-31-32-33-34-35-36-37-39-41-43-45-47-49-51-58(61)67-56(55-66-68(62,63)65-53-52-59(3,4)5)54-64-57(60)50-48-46-44-42-40-38-19-17-15-13-11-9-7-2/h8-11,14-17,20-21,23-24,26-27,29-30,32-33,35-36,38,40,44,46,56H,6-7,12-13,18-19,22,25,28,31,34,37,39,41-43,45,47-55H2,1-5H3/p+1/b10-8-,11-9-,16-14-,17-15-,21-20-,24-23-,27-26-,30-29-,33-32-,36-35-,40-38-,46-44-. The van der Waals surface area contributed by atoms with Crippen molar-refractivity contribution in [3.8, 4) is 0 Å². The quantitative estimate of drug-likeness (QED) is 0.0211. The van der Waals surface area contributed by atoms with E-state index >= 15 is 0 Å². The van der Waals surface area contributed by atoms with Crippen molar-refractivity contribution in [2.75, 3.05) is 47.5 Å². The van der Waals surface area contributed by atoms with E-state index in [0.717, 1.165) is 116 Å². The molecule has 9 nitrogen and oxygen atoms in total. The second-order valence-electron chi connectivity index (χ2n) is 17.4. The molecule has 2 unspecified atom stereocenters. The molecule has 0 fully saturated rings. The van der Waals surface area contributed by atoms with Crippen molar-refractivity contribution in [1.29, 1.82) is 0 Å². The Labute approximate surface area is 414 Å². The zero-order valence-electron chi connectivity index (χ0n) is 43.0. The number of hydrogen-bond donors (Lipinski definition) is 1. The van der Waals surface area contributed by atoms with Gasteiger partial charge >= 0.3 is 19.8 Å². The minimum absolute atomic E-state index is 0.00908. The number of unbranched alkanes of at least 4 members (excludes halogenated alkanes) is 6. The highest BCUT2D eigenvalue weighted by Gasteiger charge is 2.27. The molecule has 0 amide bonds. The largest absolute Gasteiger partial charge is 0.472 e. The van der Waals surface area contributed by atoms with Crippen molar-refractivity contribution in [3.63, 3.8) is 0 Å². The third kappa shape index (κ3) is 51.3. The lowest BCUT2D eigenvalue weighted by Gasteiger charge is -2.24. The van der Waals surface area contributed by atoms with Gasteiger partial charge in [0.1, 0.15) is 19.8 Å². The van der Waals surface area contributed by atoms with Crippen molar-refractivity contribution in [2.45, 2.75) is 161 Å². The molecule has 0 aromatic rings. The number of phosphoric ester groups is 1. The maximum Gasteiger partial charge on any atom is 0.472 e. The predicted molar refractivity (Wildman–Crippen MR) is 288 cm³/mol. The number of ether oxygens (including phenoxy) is 2. The first-order valence-electron chi connectivity index (χ1n) is 25.6. The summed E-state index contributed by atoms with van der Waals surface area (Å²) in [5.41, 5.74) is 0. The van der Waals surface area contributed by atoms with Crippen LogP contribution < -0.4 is 0 Å². The second-order valence-corrected chi connectivity index (χ2v) is 18.9. The van der Waals surface area contributed by atoms with Crippen LogP contribution in [-0.2, 0) is 32.7 Å². The number of esters is 2. The van der Waals surface area contributed by atoms with Gasteiger partial charge in [-0.25, -0.2) is 4.57 Å². The first-order chi connectivity index (χ1) is 33.0. The van der Waals surface area contributed by atoms with Gasteiger partial charge in [-0.2, -0.15) is 0 Å². The van der Waals surface area contributed by atoms with Crippen LogP contribution in [0.3, 0.4) is 0 Å². The van der Waals surface area contributed by atoms with Crippen LogP contribution in [0.4, 0.5) is 0 Å². The van der Waals surface area contributed by atoms with E-state index in [0.29, 0.717) is 23.9 Å². The molecule has 0 rings (SSSR count). The van der Waals surface area contributed by atoms with Gasteiger partial charge in [-0.1, -0.05) is 185 Å². The average molecular weight is 963 g/mol. The van der Waals surface area contributed by atoms with Crippen molar-refractivity contribution in [3.05, 3.63) is 146 Å². The van der Waals surface area contributed by atoms with Crippen LogP contribution in [-0.4, -0.2) is 74.9 Å². The molecule has 2 atom stereocenters. The van der Waals surface area contributed by atoms with Crippen molar-refractivity contribution < 1.29 is 42.1 Å². The Balaban J connectivity index is 4.32. The van der Waals surface area contributed by atoms with E-state index in [1.807, 2.05) is 33.3 Å². The maximum atomic E-state index is 12.7. The topological polar surface area (TPSA) is 108 Å². The summed E-state index contributed by atoms with van der Waals surface area (Å²) in [5, 5.41) is 0. The molecule has 0 aromatic carbocycles. The molecule has 382 valence electrons. The van der Waals surface area contributed by atoms with Crippen LogP contribution in [0.2, 0.25) is 0 Å². The first-order valence-corrected chi connectivity index (χ1v) is 27.1. The number of likely N-dealkylation sites (N-methyl/N-ethyl adjacent to an activating group) is 1. The summed E-state index contributed by atoms with van der Waals surface area (Å²) in [5.74, 6) is -0.926. The van der Waals surface area contributed by atoms with Crippen LogP contribution >= 0.6 is 7.82 Å². The third-order valence-electron chi connectivity index (χ3n) is 9.88. The van der Waals surface area contributed by atoms with Crippen molar-refractivity contribution in [2.24, 2.45) is 0 Å². The molecule has 0 spiro atoms. The Morgan fingerprint density at radius 3 is 1.24 bits per heavy atom. The summed E-state index contributed by atoms with van der Waals surface area (Å²) >= 11 is 0. The predicted octanol–water partition coefficient (Wildman–Crippen LogP) is 15.6. The number of rotatable bonds is 44. The number of carbonyl (C=O) groups excluding carboxylic acids is 2. The van der Waals surface area contributed by atoms with E-state index in [1.165, 1.54) is 0 Å². The van der Waals surface area contributed by atoms with Gasteiger partial charge in [0.25, 0.3) is 0 Å². The molecule has 0 saturated carbocycles. The minimum Gasteiger partial charge on any atom is -0.462 e. The van der Waals surface area contributed by atoms with E-state index < -0.39 is 32.5 Å². The van der Waals surface area contributed by atoms with E-state index in [1.54, 1.807) is 0 Å². The Morgan fingerprint density at radius 1 is 0.456 bits per heavy atom. The van der Waals surface area contributed by atoms with Gasteiger partial charge in [0.05, 0.1) is 27.7 Å². The van der Waals surface area contributed by atoms with Crippen LogP contribution in [0.1, 0.15) is 155 Å². The van der Waals surface area contributed by atoms with E-state index in [2.05, 4.69) is 148 Å². The highest BCUT2D eigenvalue weighted by Crippen LogP contribution is 2.43. The monoisotopic (exact) mass is 963 g/mol. The number of nitrogens with zero attached hydrogens (tertiary/aromatic N) is 1. The lowest BCUT2D eigenvalue weighted by Crippen LogP contribution is -2.37. The van der Waals surface area contributed by atoms with Gasteiger partial charge in [-0.05, 0) is 103 Å². The van der Waals surface area contributed by atoms with E-state index in [9.17, 15) is 19.0 Å². The highest BCUT2D eigenvalue weighted by molar-refractivity contribution is 7.47. The summed E-state index contributed by atoms with van der Waals surface area (Å²) in [4.78, 5) is 35.4. The fraction of sp³-hybridized carbons (Fsp3) is 0.552. The average Bonchev–Trinajstić information content (AvgIpc) is 3.30. The molecule has 0 saturated heterocycles. The first kappa shape index (κ1) is 63.9. The number of quaternary nitrogens is 1. The highest BCUT2D eigenvalue weighted by atomic mass is 31.2. The van der Waals surface area contributed by atoms with Gasteiger partial charge in [0.2, 0.25) is 0 Å². The zero-order valence-corrected chi connectivity index (χ0v) is 43.9. The summed E-state index contributed by atoms with van der Waals surface area (Å²) < 4.78 is 34.3. The number of allylic oxidation sites excluding steroid dienone is 24. The molecule has 0 bridgehead atoms. The Morgan fingerprint density at radius 2 is 0.824 bits per heavy atom.